The topological polar surface area (TPSA) is 56.2 Å². The van der Waals surface area contributed by atoms with Gasteiger partial charge >= 0.3 is 0 Å². The van der Waals surface area contributed by atoms with Crippen molar-refractivity contribution in [1.29, 1.82) is 0 Å². The Hall–Kier alpha value is -1.88. The van der Waals surface area contributed by atoms with Gasteiger partial charge in [0.2, 0.25) is 5.91 Å². The maximum Gasteiger partial charge on any atom is 0.246 e. The number of imidazole rings is 1. The molecular formula is C20H31N3O2. The summed E-state index contributed by atoms with van der Waals surface area (Å²) in [4.78, 5) is 16.6. The van der Waals surface area contributed by atoms with Crippen LogP contribution in [0.3, 0.4) is 0 Å². The summed E-state index contributed by atoms with van der Waals surface area (Å²) in [5, 5.41) is 2.97. The zero-order valence-electron chi connectivity index (χ0n) is 15.8. The van der Waals surface area contributed by atoms with E-state index >= 15 is 0 Å². The third-order valence-electron chi connectivity index (χ3n) is 4.46. The van der Waals surface area contributed by atoms with Crippen molar-refractivity contribution in [2.75, 3.05) is 13.7 Å². The minimum atomic E-state index is -0.143. The molecule has 1 amide bonds. The van der Waals surface area contributed by atoms with Gasteiger partial charge in [0.1, 0.15) is 12.4 Å². The molecule has 1 N–H and O–H groups in total. The van der Waals surface area contributed by atoms with E-state index < -0.39 is 0 Å². The highest BCUT2D eigenvalue weighted by atomic mass is 16.5. The highest BCUT2D eigenvalue weighted by molar-refractivity contribution is 5.78. The maximum atomic E-state index is 11.8. The lowest BCUT2D eigenvalue weighted by molar-refractivity contribution is -0.125. The van der Waals surface area contributed by atoms with Crippen molar-refractivity contribution in [3.8, 4) is 0 Å². The number of fused-ring (bicyclic) bond motifs is 1. The zero-order valence-corrected chi connectivity index (χ0v) is 15.8. The van der Waals surface area contributed by atoms with E-state index in [0.717, 1.165) is 29.8 Å². The monoisotopic (exact) mass is 345 g/mol. The van der Waals surface area contributed by atoms with Crippen LogP contribution < -0.4 is 5.32 Å². The molecular weight excluding hydrogens is 314 g/mol. The number of benzene rings is 1. The van der Waals surface area contributed by atoms with Crippen LogP contribution in [0.15, 0.2) is 24.3 Å². The summed E-state index contributed by atoms with van der Waals surface area (Å²) in [5.41, 5.74) is 2.12. The van der Waals surface area contributed by atoms with Gasteiger partial charge < -0.3 is 14.6 Å². The van der Waals surface area contributed by atoms with E-state index in [9.17, 15) is 4.79 Å². The molecule has 1 aromatic carbocycles. The molecule has 0 saturated heterocycles. The third kappa shape index (κ3) is 5.56. The van der Waals surface area contributed by atoms with E-state index in [-0.39, 0.29) is 18.6 Å². The quantitative estimate of drug-likeness (QED) is 0.620. The molecule has 2 rings (SSSR count). The van der Waals surface area contributed by atoms with Crippen molar-refractivity contribution >= 4 is 16.9 Å². The molecule has 1 heterocycles. The number of para-hydroxylation sites is 2. The number of amides is 1. The Balaban J connectivity index is 2.08. The lowest BCUT2D eigenvalue weighted by Gasteiger charge is -2.16. The SMILES string of the molecule is CCCCCCCCn1c(C(C)NC(=O)COC)nc2ccccc21. The molecule has 138 valence electrons. The van der Waals surface area contributed by atoms with Gasteiger partial charge in [-0.05, 0) is 25.5 Å². The summed E-state index contributed by atoms with van der Waals surface area (Å²) in [7, 11) is 1.53. The first-order valence-corrected chi connectivity index (χ1v) is 9.40. The molecule has 5 nitrogen and oxygen atoms in total. The fraction of sp³-hybridized carbons (Fsp3) is 0.600. The largest absolute Gasteiger partial charge is 0.375 e. The molecule has 1 atom stereocenters. The predicted octanol–water partition coefficient (Wildman–Crippen LogP) is 4.22. The van der Waals surface area contributed by atoms with Crippen molar-refractivity contribution in [2.45, 2.75) is 65.0 Å². The Kier molecular flexibility index (Phi) is 7.92. The van der Waals surface area contributed by atoms with Crippen LogP contribution in [-0.4, -0.2) is 29.2 Å². The number of carbonyl (C=O) groups excluding carboxylic acids is 1. The Bertz CT molecular complexity index is 666. The van der Waals surface area contributed by atoms with Crippen molar-refractivity contribution in [3.05, 3.63) is 30.1 Å². The summed E-state index contributed by atoms with van der Waals surface area (Å²) in [6, 6.07) is 8.03. The smallest absolute Gasteiger partial charge is 0.246 e. The van der Waals surface area contributed by atoms with Crippen molar-refractivity contribution in [1.82, 2.24) is 14.9 Å². The standard InChI is InChI=1S/C20H31N3O2/c1-4-5-6-7-8-11-14-23-18-13-10-9-12-17(18)22-20(23)16(2)21-19(24)15-25-3/h9-10,12-13,16H,4-8,11,14-15H2,1-3H3,(H,21,24). The van der Waals surface area contributed by atoms with E-state index in [0.29, 0.717) is 0 Å². The highest BCUT2D eigenvalue weighted by Gasteiger charge is 2.18. The Labute approximate surface area is 150 Å². The predicted molar refractivity (Wildman–Crippen MR) is 102 cm³/mol. The van der Waals surface area contributed by atoms with Gasteiger partial charge in [0, 0.05) is 13.7 Å². The Morgan fingerprint density at radius 3 is 2.68 bits per heavy atom. The minimum absolute atomic E-state index is 0.0714. The van der Waals surface area contributed by atoms with Gasteiger partial charge in [0.15, 0.2) is 0 Å². The van der Waals surface area contributed by atoms with E-state index in [2.05, 4.69) is 22.9 Å². The first-order chi connectivity index (χ1) is 12.2. The van der Waals surface area contributed by atoms with E-state index in [4.69, 9.17) is 9.72 Å². The second-order valence-corrected chi connectivity index (χ2v) is 6.60. The average molecular weight is 345 g/mol. The second-order valence-electron chi connectivity index (χ2n) is 6.60. The maximum absolute atomic E-state index is 11.8. The van der Waals surface area contributed by atoms with Crippen LogP contribution in [0, 0.1) is 0 Å². The van der Waals surface area contributed by atoms with Crippen LogP contribution in [0.4, 0.5) is 0 Å². The van der Waals surface area contributed by atoms with Gasteiger partial charge in [-0.2, -0.15) is 0 Å². The minimum Gasteiger partial charge on any atom is -0.375 e. The van der Waals surface area contributed by atoms with Crippen molar-refractivity contribution in [2.24, 2.45) is 0 Å². The molecule has 1 unspecified atom stereocenters. The van der Waals surface area contributed by atoms with Gasteiger partial charge in [-0.25, -0.2) is 4.98 Å². The zero-order chi connectivity index (χ0) is 18.1. The average Bonchev–Trinajstić information content (AvgIpc) is 2.97. The number of carbonyl (C=O) groups is 1. The number of hydrogen-bond donors (Lipinski definition) is 1. The Morgan fingerprint density at radius 2 is 1.92 bits per heavy atom. The third-order valence-corrected chi connectivity index (χ3v) is 4.46. The highest BCUT2D eigenvalue weighted by Crippen LogP contribution is 2.22. The lowest BCUT2D eigenvalue weighted by Crippen LogP contribution is -2.31. The summed E-state index contributed by atoms with van der Waals surface area (Å²) in [5.74, 6) is 0.799. The van der Waals surface area contributed by atoms with E-state index in [1.165, 1.54) is 39.2 Å². The molecule has 0 aliphatic carbocycles. The first-order valence-electron chi connectivity index (χ1n) is 9.40. The van der Waals surface area contributed by atoms with Gasteiger partial charge in [0.05, 0.1) is 17.1 Å². The first kappa shape index (κ1) is 19.4. The molecule has 0 aliphatic rings. The summed E-state index contributed by atoms with van der Waals surface area (Å²) in [6.07, 6.45) is 7.57. The molecule has 0 fully saturated rings. The van der Waals surface area contributed by atoms with Crippen LogP contribution in [0.5, 0.6) is 0 Å². The number of hydrogen-bond acceptors (Lipinski definition) is 3. The number of rotatable bonds is 11. The van der Waals surface area contributed by atoms with Crippen molar-refractivity contribution in [3.63, 3.8) is 0 Å². The number of aromatic nitrogens is 2. The number of nitrogens with one attached hydrogen (secondary N) is 1. The molecule has 0 radical (unpaired) electrons. The summed E-state index contributed by atoms with van der Waals surface area (Å²) in [6.45, 7) is 5.23. The van der Waals surface area contributed by atoms with Crippen LogP contribution in [0.1, 0.15) is 64.2 Å². The molecule has 0 saturated carbocycles. The van der Waals surface area contributed by atoms with Crippen molar-refractivity contribution < 1.29 is 9.53 Å². The van der Waals surface area contributed by atoms with Gasteiger partial charge in [0.25, 0.3) is 0 Å². The normalized spacial score (nSPS) is 12.4. The molecule has 0 aliphatic heterocycles. The molecule has 2 aromatic rings. The number of nitrogens with zero attached hydrogens (tertiary/aromatic N) is 2. The molecule has 0 bridgehead atoms. The van der Waals surface area contributed by atoms with Crippen LogP contribution in [0.2, 0.25) is 0 Å². The number of methoxy groups -OCH3 is 1. The fourth-order valence-electron chi connectivity index (χ4n) is 3.19. The summed E-state index contributed by atoms with van der Waals surface area (Å²) >= 11 is 0. The number of ether oxygens (including phenoxy) is 1. The molecule has 5 heteroatoms. The van der Waals surface area contributed by atoms with E-state index in [1.807, 2.05) is 25.1 Å². The van der Waals surface area contributed by atoms with Gasteiger partial charge in [-0.1, -0.05) is 51.2 Å². The van der Waals surface area contributed by atoms with Gasteiger partial charge in [-0.3, -0.25) is 4.79 Å². The van der Waals surface area contributed by atoms with Gasteiger partial charge in [-0.15, -0.1) is 0 Å². The summed E-state index contributed by atoms with van der Waals surface area (Å²) < 4.78 is 7.16. The van der Waals surface area contributed by atoms with Crippen LogP contribution >= 0.6 is 0 Å². The molecule has 1 aromatic heterocycles. The second kappa shape index (κ2) is 10.2. The number of aryl methyl sites for hydroxylation is 1. The Morgan fingerprint density at radius 1 is 1.20 bits per heavy atom. The lowest BCUT2D eigenvalue weighted by atomic mass is 10.1. The molecule has 0 spiro atoms. The number of unbranched alkanes of at least 4 members (excludes halogenated alkanes) is 5. The van der Waals surface area contributed by atoms with Crippen LogP contribution in [-0.2, 0) is 16.1 Å². The van der Waals surface area contributed by atoms with E-state index in [1.54, 1.807) is 0 Å². The fourth-order valence-corrected chi connectivity index (χ4v) is 3.19. The van der Waals surface area contributed by atoms with Crippen LogP contribution in [0.25, 0.3) is 11.0 Å². The molecule has 25 heavy (non-hydrogen) atoms.